The summed E-state index contributed by atoms with van der Waals surface area (Å²) in [7, 11) is 0. The molecule has 0 saturated carbocycles. The molecule has 1 aliphatic heterocycles. The molecule has 0 bridgehead atoms. The van der Waals surface area contributed by atoms with E-state index in [0.717, 1.165) is 12.8 Å². The van der Waals surface area contributed by atoms with Gasteiger partial charge in [0.15, 0.2) is 0 Å². The molecule has 1 fully saturated rings. The molecule has 1 N–H and O–H groups in total. The van der Waals surface area contributed by atoms with Gasteiger partial charge in [-0.15, -0.1) is 0 Å². The number of carbonyl (C=O) groups is 1. The molecule has 3 heteroatoms. The third-order valence-corrected chi connectivity index (χ3v) is 2.58. The second-order valence-corrected chi connectivity index (χ2v) is 3.43. The first-order valence-corrected chi connectivity index (χ1v) is 4.59. The molecule has 70 valence electrons. The first-order valence-electron chi connectivity index (χ1n) is 4.59. The van der Waals surface area contributed by atoms with Crippen molar-refractivity contribution in [3.63, 3.8) is 0 Å². The molecular weight excluding hydrogens is 154 g/mol. The smallest absolute Gasteiger partial charge is 0.326 e. The zero-order valence-corrected chi connectivity index (χ0v) is 8.02. The first kappa shape index (κ1) is 9.52. The Bertz CT molecular complexity index is 175. The Balaban J connectivity index is 2.75. The molecule has 1 aliphatic rings. The van der Waals surface area contributed by atoms with Crippen LogP contribution in [-0.4, -0.2) is 24.2 Å². The number of nitrogens with one attached hydrogen (secondary N) is 1. The molecule has 3 nitrogen and oxygen atoms in total. The van der Waals surface area contributed by atoms with Crippen LogP contribution in [0, 0.1) is 0 Å². The quantitative estimate of drug-likeness (QED) is 0.632. The van der Waals surface area contributed by atoms with Gasteiger partial charge in [-0.3, -0.25) is 10.1 Å². The van der Waals surface area contributed by atoms with Gasteiger partial charge in [0.1, 0.15) is 12.1 Å². The Morgan fingerprint density at radius 1 is 1.58 bits per heavy atom. The van der Waals surface area contributed by atoms with Crippen LogP contribution in [0.3, 0.4) is 0 Å². The normalized spacial score (nSPS) is 28.2. The highest BCUT2D eigenvalue weighted by Crippen LogP contribution is 2.21. The van der Waals surface area contributed by atoms with E-state index >= 15 is 0 Å². The molecule has 0 radical (unpaired) electrons. The lowest BCUT2D eigenvalue weighted by atomic mass is 9.91. The lowest BCUT2D eigenvalue weighted by Gasteiger charge is -2.37. The van der Waals surface area contributed by atoms with Gasteiger partial charge in [-0.1, -0.05) is 13.8 Å². The zero-order chi connectivity index (χ0) is 9.19. The molecule has 0 aromatic heterocycles. The van der Waals surface area contributed by atoms with Gasteiger partial charge >= 0.3 is 5.97 Å². The Hall–Kier alpha value is -0.570. The van der Waals surface area contributed by atoms with Crippen LogP contribution in [0.5, 0.6) is 0 Å². The summed E-state index contributed by atoms with van der Waals surface area (Å²) in [6, 6.07) is 0.280. The Morgan fingerprint density at radius 2 is 2.17 bits per heavy atom. The average Bonchev–Trinajstić information content (AvgIpc) is 2.09. The topological polar surface area (TPSA) is 38.3 Å². The van der Waals surface area contributed by atoms with Crippen molar-refractivity contribution in [2.75, 3.05) is 6.61 Å². The molecule has 0 spiro atoms. The maximum atomic E-state index is 11.4. The van der Waals surface area contributed by atoms with E-state index in [1.165, 1.54) is 0 Å². The van der Waals surface area contributed by atoms with Crippen molar-refractivity contribution < 1.29 is 9.53 Å². The second kappa shape index (κ2) is 3.44. The van der Waals surface area contributed by atoms with Gasteiger partial charge in [0.05, 0.1) is 0 Å². The van der Waals surface area contributed by atoms with E-state index < -0.39 is 5.54 Å². The van der Waals surface area contributed by atoms with Crippen LogP contribution in [0.2, 0.25) is 0 Å². The molecule has 0 aromatic carbocycles. The summed E-state index contributed by atoms with van der Waals surface area (Å²) in [5.41, 5.74) is -0.419. The van der Waals surface area contributed by atoms with E-state index in [1.54, 1.807) is 0 Å². The molecular formula is C9H17NO2. The number of morpholine rings is 1. The minimum atomic E-state index is -0.419. The predicted molar refractivity (Wildman–Crippen MR) is 46.9 cm³/mol. The van der Waals surface area contributed by atoms with Crippen molar-refractivity contribution in [1.29, 1.82) is 0 Å². The van der Waals surface area contributed by atoms with Gasteiger partial charge in [0.2, 0.25) is 0 Å². The number of hydrogen-bond acceptors (Lipinski definition) is 3. The SMILES string of the molecule is CCC1(CC)NC(C)COC1=O. The standard InChI is InChI=1S/C9H17NO2/c1-4-9(5-2)8(11)12-6-7(3)10-9/h7,10H,4-6H2,1-3H3. The van der Waals surface area contributed by atoms with Crippen LogP contribution in [0.4, 0.5) is 0 Å². The van der Waals surface area contributed by atoms with Crippen molar-refractivity contribution >= 4 is 5.97 Å². The molecule has 1 heterocycles. The van der Waals surface area contributed by atoms with Gasteiger partial charge in [-0.05, 0) is 19.8 Å². The summed E-state index contributed by atoms with van der Waals surface area (Å²) in [5, 5.41) is 3.30. The fraction of sp³-hybridized carbons (Fsp3) is 0.889. The van der Waals surface area contributed by atoms with Gasteiger partial charge in [-0.25, -0.2) is 0 Å². The van der Waals surface area contributed by atoms with Crippen LogP contribution in [-0.2, 0) is 9.53 Å². The van der Waals surface area contributed by atoms with Crippen LogP contribution >= 0.6 is 0 Å². The van der Waals surface area contributed by atoms with Crippen molar-refractivity contribution in [3.8, 4) is 0 Å². The van der Waals surface area contributed by atoms with E-state index in [4.69, 9.17) is 4.74 Å². The van der Waals surface area contributed by atoms with Gasteiger partial charge in [0, 0.05) is 6.04 Å². The van der Waals surface area contributed by atoms with Gasteiger partial charge in [0.25, 0.3) is 0 Å². The summed E-state index contributed by atoms with van der Waals surface area (Å²) in [6.07, 6.45) is 1.60. The lowest BCUT2D eigenvalue weighted by Crippen LogP contribution is -2.60. The fourth-order valence-electron chi connectivity index (χ4n) is 1.65. The maximum absolute atomic E-state index is 11.4. The number of ether oxygens (including phenoxy) is 1. The monoisotopic (exact) mass is 171 g/mol. The molecule has 0 aromatic rings. The zero-order valence-electron chi connectivity index (χ0n) is 8.02. The van der Waals surface area contributed by atoms with Crippen LogP contribution in [0.25, 0.3) is 0 Å². The Morgan fingerprint density at radius 3 is 2.58 bits per heavy atom. The van der Waals surface area contributed by atoms with E-state index in [2.05, 4.69) is 5.32 Å². The summed E-state index contributed by atoms with van der Waals surface area (Å²) < 4.78 is 5.09. The summed E-state index contributed by atoms with van der Waals surface area (Å²) in [4.78, 5) is 11.4. The average molecular weight is 171 g/mol. The van der Waals surface area contributed by atoms with Crippen molar-refractivity contribution in [2.24, 2.45) is 0 Å². The maximum Gasteiger partial charge on any atom is 0.326 e. The van der Waals surface area contributed by atoms with Crippen LogP contribution < -0.4 is 5.32 Å². The summed E-state index contributed by atoms with van der Waals surface area (Å²) in [5.74, 6) is -0.0920. The lowest BCUT2D eigenvalue weighted by molar-refractivity contribution is -0.159. The van der Waals surface area contributed by atoms with Gasteiger partial charge in [-0.2, -0.15) is 0 Å². The largest absolute Gasteiger partial charge is 0.463 e. The van der Waals surface area contributed by atoms with Gasteiger partial charge < -0.3 is 4.74 Å². The van der Waals surface area contributed by atoms with Crippen molar-refractivity contribution in [2.45, 2.75) is 45.2 Å². The van der Waals surface area contributed by atoms with E-state index in [-0.39, 0.29) is 12.0 Å². The number of esters is 1. The third kappa shape index (κ3) is 1.46. The van der Waals surface area contributed by atoms with Crippen LogP contribution in [0.15, 0.2) is 0 Å². The Kier molecular flexibility index (Phi) is 2.73. The summed E-state index contributed by atoms with van der Waals surface area (Å²) in [6.45, 7) is 6.55. The Labute approximate surface area is 73.5 Å². The van der Waals surface area contributed by atoms with E-state index in [0.29, 0.717) is 6.61 Å². The second-order valence-electron chi connectivity index (χ2n) is 3.43. The first-order chi connectivity index (χ1) is 5.64. The highest BCUT2D eigenvalue weighted by atomic mass is 16.5. The molecule has 1 atom stereocenters. The van der Waals surface area contributed by atoms with E-state index in [1.807, 2.05) is 20.8 Å². The van der Waals surface area contributed by atoms with Crippen molar-refractivity contribution in [1.82, 2.24) is 5.32 Å². The highest BCUT2D eigenvalue weighted by Gasteiger charge is 2.40. The highest BCUT2D eigenvalue weighted by molar-refractivity contribution is 5.81. The minimum Gasteiger partial charge on any atom is -0.463 e. The summed E-state index contributed by atoms with van der Waals surface area (Å²) >= 11 is 0. The minimum absolute atomic E-state index is 0.0920. The van der Waals surface area contributed by atoms with Crippen LogP contribution in [0.1, 0.15) is 33.6 Å². The molecule has 1 rings (SSSR count). The third-order valence-electron chi connectivity index (χ3n) is 2.58. The molecule has 12 heavy (non-hydrogen) atoms. The number of hydrogen-bond donors (Lipinski definition) is 1. The molecule has 1 unspecified atom stereocenters. The number of carbonyl (C=O) groups excluding carboxylic acids is 1. The molecule has 1 saturated heterocycles. The molecule has 0 amide bonds. The van der Waals surface area contributed by atoms with E-state index in [9.17, 15) is 4.79 Å². The molecule has 0 aliphatic carbocycles. The number of rotatable bonds is 2. The fourth-order valence-corrected chi connectivity index (χ4v) is 1.65. The van der Waals surface area contributed by atoms with Crippen molar-refractivity contribution in [3.05, 3.63) is 0 Å². The predicted octanol–water partition coefficient (Wildman–Crippen LogP) is 1.08. The number of cyclic esters (lactones) is 1.